The van der Waals surface area contributed by atoms with E-state index < -0.39 is 28.5 Å². The molecule has 3 aromatic carbocycles. The molecule has 2 amide bonds. The summed E-state index contributed by atoms with van der Waals surface area (Å²) < 4.78 is 34.3. The number of amides is 2. The summed E-state index contributed by atoms with van der Waals surface area (Å²) in [6.07, 6.45) is 0.323. The quantitative estimate of drug-likeness (QED) is 0.337. The zero-order chi connectivity index (χ0) is 28.6. The number of carbonyl (C=O) groups excluding carboxylic acids is 2. The van der Waals surface area contributed by atoms with E-state index in [9.17, 15) is 18.0 Å². The highest BCUT2D eigenvalue weighted by molar-refractivity contribution is 7.92. The van der Waals surface area contributed by atoms with Crippen molar-refractivity contribution >= 4 is 39.1 Å². The van der Waals surface area contributed by atoms with Crippen molar-refractivity contribution in [3.8, 4) is 5.75 Å². The fraction of sp³-hybridized carbons (Fsp3) is 0.310. The first-order valence-corrected chi connectivity index (χ1v) is 14.5. The van der Waals surface area contributed by atoms with Gasteiger partial charge in [-0.3, -0.25) is 13.9 Å². The second kappa shape index (κ2) is 13.5. The molecule has 8 nitrogen and oxygen atoms in total. The molecule has 0 saturated carbocycles. The van der Waals surface area contributed by atoms with Crippen molar-refractivity contribution in [2.75, 3.05) is 24.5 Å². The van der Waals surface area contributed by atoms with Gasteiger partial charge in [0.1, 0.15) is 18.3 Å². The van der Waals surface area contributed by atoms with Gasteiger partial charge >= 0.3 is 0 Å². The largest absolute Gasteiger partial charge is 0.494 e. The first-order valence-electron chi connectivity index (χ1n) is 12.7. The molecule has 0 aliphatic rings. The first kappa shape index (κ1) is 30.0. The molecule has 0 radical (unpaired) electrons. The zero-order valence-corrected chi connectivity index (χ0v) is 24.1. The number of hydrogen-bond acceptors (Lipinski definition) is 5. The third kappa shape index (κ3) is 7.30. The van der Waals surface area contributed by atoms with E-state index in [1.165, 1.54) is 24.1 Å². The third-order valence-electron chi connectivity index (χ3n) is 6.25. The molecule has 0 aliphatic carbocycles. The smallest absolute Gasteiger partial charge is 0.264 e. The maximum atomic E-state index is 13.9. The van der Waals surface area contributed by atoms with Gasteiger partial charge in [0.15, 0.2) is 0 Å². The van der Waals surface area contributed by atoms with Gasteiger partial charge in [0.25, 0.3) is 10.0 Å². The van der Waals surface area contributed by atoms with Crippen molar-refractivity contribution < 1.29 is 22.7 Å². The van der Waals surface area contributed by atoms with Crippen LogP contribution in [0.15, 0.2) is 77.7 Å². The molecule has 10 heteroatoms. The fourth-order valence-electron chi connectivity index (χ4n) is 4.14. The Kier molecular flexibility index (Phi) is 10.4. The number of nitrogens with zero attached hydrogens (tertiary/aromatic N) is 2. The number of likely N-dealkylation sites (N-methyl/N-ethyl adjacent to an activating group) is 1. The van der Waals surface area contributed by atoms with E-state index in [2.05, 4.69) is 5.32 Å². The normalized spacial score (nSPS) is 11.9. The Morgan fingerprint density at radius 3 is 2.18 bits per heavy atom. The lowest BCUT2D eigenvalue weighted by atomic mass is 10.1. The number of halogens is 1. The minimum Gasteiger partial charge on any atom is -0.494 e. The molecule has 39 heavy (non-hydrogen) atoms. The molecule has 3 aromatic rings. The Morgan fingerprint density at radius 1 is 0.974 bits per heavy atom. The molecule has 0 heterocycles. The SMILES string of the molecule is CCOc1ccc(N(CC(=O)N(Cc2ccccc2Cl)[C@H](CC)C(=O)NC)S(=O)(=O)c2ccc(C)cc2)cc1. The maximum Gasteiger partial charge on any atom is 0.264 e. The number of hydrogen-bond donors (Lipinski definition) is 1. The lowest BCUT2D eigenvalue weighted by molar-refractivity contribution is -0.140. The van der Waals surface area contributed by atoms with E-state index in [0.29, 0.717) is 29.4 Å². The van der Waals surface area contributed by atoms with Crippen LogP contribution in [-0.2, 0) is 26.2 Å². The minimum absolute atomic E-state index is 0.0339. The highest BCUT2D eigenvalue weighted by Gasteiger charge is 2.33. The van der Waals surface area contributed by atoms with Crippen LogP contribution in [0.4, 0.5) is 5.69 Å². The molecule has 0 spiro atoms. The summed E-state index contributed by atoms with van der Waals surface area (Å²) in [7, 11) is -2.65. The predicted octanol–water partition coefficient (Wildman–Crippen LogP) is 4.80. The van der Waals surface area contributed by atoms with Gasteiger partial charge in [-0.15, -0.1) is 0 Å². The Hall–Kier alpha value is -3.56. The molecule has 0 unspecified atom stereocenters. The van der Waals surface area contributed by atoms with Gasteiger partial charge in [-0.2, -0.15) is 0 Å². The van der Waals surface area contributed by atoms with Crippen molar-refractivity contribution in [2.24, 2.45) is 0 Å². The highest BCUT2D eigenvalue weighted by atomic mass is 35.5. The second-order valence-corrected chi connectivity index (χ2v) is 11.2. The van der Waals surface area contributed by atoms with E-state index in [1.807, 2.05) is 13.8 Å². The molecule has 0 saturated heterocycles. The maximum absolute atomic E-state index is 13.9. The average Bonchev–Trinajstić information content (AvgIpc) is 2.93. The van der Waals surface area contributed by atoms with Crippen LogP contribution in [-0.4, -0.2) is 51.4 Å². The molecule has 0 bridgehead atoms. The molecule has 0 aromatic heterocycles. The zero-order valence-electron chi connectivity index (χ0n) is 22.6. The molecule has 208 valence electrons. The number of sulfonamides is 1. The number of aryl methyl sites for hydroxylation is 1. The standard InChI is InChI=1S/C29H34ClN3O5S/c1-5-27(29(35)31-4)32(19-22-9-7-8-10-26(22)30)28(34)20-33(23-13-15-24(16-14-23)38-6-2)39(36,37)25-17-11-21(3)12-18-25/h7-18,27H,5-6,19-20H2,1-4H3,(H,31,35)/t27-/m1/s1. The third-order valence-corrected chi connectivity index (χ3v) is 8.41. The molecular weight excluding hydrogens is 538 g/mol. The van der Waals surface area contributed by atoms with Crippen LogP contribution in [0.2, 0.25) is 5.02 Å². The molecule has 0 aliphatic heterocycles. The van der Waals surface area contributed by atoms with Gasteiger partial charge < -0.3 is 15.0 Å². The van der Waals surface area contributed by atoms with Gasteiger partial charge in [0.2, 0.25) is 11.8 Å². The Bertz CT molecular complexity index is 1380. The Morgan fingerprint density at radius 2 is 1.62 bits per heavy atom. The number of benzene rings is 3. The van der Waals surface area contributed by atoms with E-state index >= 15 is 0 Å². The van der Waals surface area contributed by atoms with Crippen molar-refractivity contribution in [3.63, 3.8) is 0 Å². The minimum atomic E-state index is -4.15. The predicted molar refractivity (Wildman–Crippen MR) is 153 cm³/mol. The lowest BCUT2D eigenvalue weighted by Gasteiger charge is -2.33. The van der Waals surface area contributed by atoms with Gasteiger partial charge in [-0.1, -0.05) is 54.4 Å². The van der Waals surface area contributed by atoms with Crippen molar-refractivity contribution in [1.29, 1.82) is 0 Å². The Labute approximate surface area is 235 Å². The molecule has 1 atom stereocenters. The number of carbonyl (C=O) groups is 2. The van der Waals surface area contributed by atoms with Crippen LogP contribution in [0, 0.1) is 6.92 Å². The topological polar surface area (TPSA) is 96.0 Å². The summed E-state index contributed by atoms with van der Waals surface area (Å²) >= 11 is 6.39. The molecule has 3 rings (SSSR count). The van der Waals surface area contributed by atoms with Gasteiger partial charge in [0, 0.05) is 18.6 Å². The van der Waals surface area contributed by atoms with Crippen LogP contribution in [0.1, 0.15) is 31.4 Å². The summed E-state index contributed by atoms with van der Waals surface area (Å²) in [6.45, 7) is 5.47. The van der Waals surface area contributed by atoms with Gasteiger partial charge in [-0.25, -0.2) is 8.42 Å². The van der Waals surface area contributed by atoms with Crippen LogP contribution < -0.4 is 14.4 Å². The lowest BCUT2D eigenvalue weighted by Crippen LogP contribution is -2.51. The van der Waals surface area contributed by atoms with Crippen molar-refractivity contribution in [3.05, 3.63) is 88.9 Å². The summed E-state index contributed by atoms with van der Waals surface area (Å²) in [5, 5.41) is 3.05. The fourth-order valence-corrected chi connectivity index (χ4v) is 5.75. The monoisotopic (exact) mass is 571 g/mol. The number of rotatable bonds is 12. The van der Waals surface area contributed by atoms with Gasteiger partial charge in [-0.05, 0) is 68.3 Å². The Balaban J connectivity index is 2.07. The number of ether oxygens (including phenoxy) is 1. The van der Waals surface area contributed by atoms with E-state index in [-0.39, 0.29) is 23.0 Å². The van der Waals surface area contributed by atoms with Crippen molar-refractivity contribution in [1.82, 2.24) is 10.2 Å². The van der Waals surface area contributed by atoms with Crippen LogP contribution >= 0.6 is 11.6 Å². The van der Waals surface area contributed by atoms with E-state index in [0.717, 1.165) is 9.87 Å². The molecule has 1 N–H and O–H groups in total. The number of anilines is 1. The summed E-state index contributed by atoms with van der Waals surface area (Å²) in [5.41, 5.74) is 1.84. The van der Waals surface area contributed by atoms with E-state index in [1.54, 1.807) is 67.6 Å². The molecular formula is C29H34ClN3O5S. The second-order valence-electron chi connectivity index (χ2n) is 8.90. The first-order chi connectivity index (χ1) is 18.6. The van der Waals surface area contributed by atoms with Crippen molar-refractivity contribution in [2.45, 2.75) is 44.7 Å². The summed E-state index contributed by atoms with van der Waals surface area (Å²) in [5.74, 6) is -0.326. The van der Waals surface area contributed by atoms with E-state index in [4.69, 9.17) is 16.3 Å². The van der Waals surface area contributed by atoms with Crippen LogP contribution in [0.3, 0.4) is 0 Å². The van der Waals surface area contributed by atoms with Crippen LogP contribution in [0.5, 0.6) is 5.75 Å². The summed E-state index contributed by atoms with van der Waals surface area (Å²) in [6, 6.07) is 19.1. The highest BCUT2D eigenvalue weighted by Crippen LogP contribution is 2.27. The van der Waals surface area contributed by atoms with Crippen LogP contribution in [0.25, 0.3) is 0 Å². The van der Waals surface area contributed by atoms with Gasteiger partial charge in [0.05, 0.1) is 17.2 Å². The molecule has 0 fully saturated rings. The summed E-state index contributed by atoms with van der Waals surface area (Å²) in [4.78, 5) is 28.2. The number of nitrogens with one attached hydrogen (secondary N) is 1. The average molecular weight is 572 g/mol.